The van der Waals surface area contributed by atoms with Gasteiger partial charge in [-0.15, -0.1) is 0 Å². The molecule has 0 spiro atoms. The highest BCUT2D eigenvalue weighted by atomic mass is 16.5. The first kappa shape index (κ1) is 9.72. The van der Waals surface area contributed by atoms with E-state index in [0.29, 0.717) is 11.7 Å². The lowest BCUT2D eigenvalue weighted by atomic mass is 9.90. The Labute approximate surface area is 74.3 Å². The summed E-state index contributed by atoms with van der Waals surface area (Å²) in [5.41, 5.74) is 0. The number of hydrogen-bond acceptors (Lipinski definition) is 2. The molecule has 0 aliphatic carbocycles. The van der Waals surface area contributed by atoms with E-state index in [0.717, 1.165) is 19.4 Å². The summed E-state index contributed by atoms with van der Waals surface area (Å²) in [6, 6.07) is 0. The van der Waals surface area contributed by atoms with E-state index in [-0.39, 0.29) is 12.0 Å². The summed E-state index contributed by atoms with van der Waals surface area (Å²) in [5.74, 6) is 0.873. The van der Waals surface area contributed by atoms with Crippen molar-refractivity contribution >= 4 is 5.78 Å². The van der Waals surface area contributed by atoms with Gasteiger partial charge < -0.3 is 4.74 Å². The molecular formula is C10H18O2. The van der Waals surface area contributed by atoms with Crippen LogP contribution in [0.1, 0.15) is 33.6 Å². The SMILES string of the molecule is CC(C)C(C)C(=O)C1CCCO1. The maximum absolute atomic E-state index is 11.7. The molecule has 1 rings (SSSR count). The molecule has 2 atom stereocenters. The fourth-order valence-electron chi connectivity index (χ4n) is 1.42. The second-order valence-corrected chi connectivity index (χ2v) is 3.94. The molecule has 1 aliphatic rings. The van der Waals surface area contributed by atoms with E-state index in [1.807, 2.05) is 6.92 Å². The van der Waals surface area contributed by atoms with Crippen LogP contribution in [0.15, 0.2) is 0 Å². The Hall–Kier alpha value is -0.370. The molecule has 0 radical (unpaired) electrons. The molecule has 0 bridgehead atoms. The molecule has 70 valence electrons. The van der Waals surface area contributed by atoms with Crippen LogP contribution in [0.2, 0.25) is 0 Å². The first-order chi connectivity index (χ1) is 5.63. The largest absolute Gasteiger partial charge is 0.370 e. The van der Waals surface area contributed by atoms with Crippen LogP contribution in [0.4, 0.5) is 0 Å². The van der Waals surface area contributed by atoms with Gasteiger partial charge in [0.25, 0.3) is 0 Å². The van der Waals surface area contributed by atoms with E-state index in [9.17, 15) is 4.79 Å². The summed E-state index contributed by atoms with van der Waals surface area (Å²) < 4.78 is 5.34. The fraction of sp³-hybridized carbons (Fsp3) is 0.900. The van der Waals surface area contributed by atoms with Crippen molar-refractivity contribution in [2.45, 2.75) is 39.7 Å². The van der Waals surface area contributed by atoms with Crippen LogP contribution >= 0.6 is 0 Å². The molecule has 1 saturated heterocycles. The van der Waals surface area contributed by atoms with Crippen molar-refractivity contribution in [2.75, 3.05) is 6.61 Å². The van der Waals surface area contributed by atoms with E-state index in [4.69, 9.17) is 4.74 Å². The first-order valence-corrected chi connectivity index (χ1v) is 4.78. The van der Waals surface area contributed by atoms with Gasteiger partial charge in [0.05, 0.1) is 0 Å². The van der Waals surface area contributed by atoms with E-state index >= 15 is 0 Å². The monoisotopic (exact) mass is 170 g/mol. The predicted molar refractivity (Wildman–Crippen MR) is 48.0 cm³/mol. The van der Waals surface area contributed by atoms with Crippen molar-refractivity contribution in [2.24, 2.45) is 11.8 Å². The van der Waals surface area contributed by atoms with Gasteiger partial charge in [-0.2, -0.15) is 0 Å². The van der Waals surface area contributed by atoms with Gasteiger partial charge in [-0.3, -0.25) is 4.79 Å². The maximum atomic E-state index is 11.7. The van der Waals surface area contributed by atoms with E-state index in [1.54, 1.807) is 0 Å². The topological polar surface area (TPSA) is 26.3 Å². The van der Waals surface area contributed by atoms with Gasteiger partial charge in [-0.1, -0.05) is 20.8 Å². The molecule has 12 heavy (non-hydrogen) atoms. The maximum Gasteiger partial charge on any atom is 0.164 e. The molecule has 0 aromatic rings. The third-order valence-electron chi connectivity index (χ3n) is 2.70. The summed E-state index contributed by atoms with van der Waals surface area (Å²) in [5, 5.41) is 0. The van der Waals surface area contributed by atoms with Gasteiger partial charge in [0, 0.05) is 12.5 Å². The van der Waals surface area contributed by atoms with Crippen molar-refractivity contribution < 1.29 is 9.53 Å². The van der Waals surface area contributed by atoms with Crippen LogP contribution in [0.25, 0.3) is 0 Å². The van der Waals surface area contributed by atoms with Crippen molar-refractivity contribution in [3.63, 3.8) is 0 Å². The molecule has 1 aliphatic heterocycles. The highest BCUT2D eigenvalue weighted by molar-refractivity contribution is 5.85. The summed E-state index contributed by atoms with van der Waals surface area (Å²) in [6.07, 6.45) is 1.87. The molecular weight excluding hydrogens is 152 g/mol. The molecule has 2 nitrogen and oxygen atoms in total. The molecule has 1 heterocycles. The second kappa shape index (κ2) is 4.04. The highest BCUT2D eigenvalue weighted by Gasteiger charge is 2.28. The third-order valence-corrected chi connectivity index (χ3v) is 2.70. The first-order valence-electron chi connectivity index (χ1n) is 4.78. The van der Waals surface area contributed by atoms with Gasteiger partial charge in [-0.05, 0) is 18.8 Å². The summed E-state index contributed by atoms with van der Waals surface area (Å²) in [7, 11) is 0. The van der Waals surface area contributed by atoms with Gasteiger partial charge >= 0.3 is 0 Å². The zero-order valence-corrected chi connectivity index (χ0v) is 8.17. The average molecular weight is 170 g/mol. The van der Waals surface area contributed by atoms with Crippen LogP contribution in [0, 0.1) is 11.8 Å². The number of rotatable bonds is 3. The third kappa shape index (κ3) is 2.07. The van der Waals surface area contributed by atoms with Crippen molar-refractivity contribution in [1.82, 2.24) is 0 Å². The molecule has 2 heteroatoms. The molecule has 0 saturated carbocycles. The summed E-state index contributed by atoms with van der Waals surface area (Å²) in [4.78, 5) is 11.7. The van der Waals surface area contributed by atoms with E-state index < -0.39 is 0 Å². The van der Waals surface area contributed by atoms with Crippen molar-refractivity contribution in [3.8, 4) is 0 Å². The van der Waals surface area contributed by atoms with Gasteiger partial charge in [0.2, 0.25) is 0 Å². The minimum absolute atomic E-state index is 0.0950. The molecule has 0 N–H and O–H groups in total. The number of carbonyl (C=O) groups excluding carboxylic acids is 1. The smallest absolute Gasteiger partial charge is 0.164 e. The average Bonchev–Trinajstić information content (AvgIpc) is 2.53. The van der Waals surface area contributed by atoms with Crippen molar-refractivity contribution in [1.29, 1.82) is 0 Å². The van der Waals surface area contributed by atoms with Gasteiger partial charge in [0.15, 0.2) is 5.78 Å². The molecule has 0 aromatic heterocycles. The standard InChI is InChI=1S/C10H18O2/c1-7(2)8(3)10(11)9-5-4-6-12-9/h7-9H,4-6H2,1-3H3. The number of carbonyl (C=O) groups is 1. The Bertz CT molecular complexity index is 153. The number of hydrogen-bond donors (Lipinski definition) is 0. The molecule has 0 aromatic carbocycles. The Kier molecular flexibility index (Phi) is 3.27. The van der Waals surface area contributed by atoms with Crippen molar-refractivity contribution in [3.05, 3.63) is 0 Å². The van der Waals surface area contributed by atoms with E-state index in [2.05, 4.69) is 13.8 Å². The Morgan fingerprint density at radius 1 is 1.42 bits per heavy atom. The highest BCUT2D eigenvalue weighted by Crippen LogP contribution is 2.20. The van der Waals surface area contributed by atoms with Crippen LogP contribution in [-0.2, 0) is 9.53 Å². The lowest BCUT2D eigenvalue weighted by molar-refractivity contribution is -0.132. The molecule has 2 unspecified atom stereocenters. The molecule has 1 fully saturated rings. The van der Waals surface area contributed by atoms with Crippen LogP contribution < -0.4 is 0 Å². The summed E-state index contributed by atoms with van der Waals surface area (Å²) in [6.45, 7) is 6.92. The quantitative estimate of drug-likeness (QED) is 0.647. The minimum atomic E-state index is -0.0950. The molecule has 0 amide bonds. The second-order valence-electron chi connectivity index (χ2n) is 3.94. The Morgan fingerprint density at radius 3 is 2.50 bits per heavy atom. The predicted octanol–water partition coefficient (Wildman–Crippen LogP) is 2.03. The normalized spacial score (nSPS) is 26.2. The van der Waals surface area contributed by atoms with Gasteiger partial charge in [0.1, 0.15) is 6.10 Å². The zero-order valence-electron chi connectivity index (χ0n) is 8.17. The van der Waals surface area contributed by atoms with Crippen LogP contribution in [0.5, 0.6) is 0 Å². The van der Waals surface area contributed by atoms with Gasteiger partial charge in [-0.25, -0.2) is 0 Å². The fourth-order valence-corrected chi connectivity index (χ4v) is 1.42. The van der Waals surface area contributed by atoms with Crippen LogP contribution in [0.3, 0.4) is 0 Å². The number of ether oxygens (including phenoxy) is 1. The Balaban J connectivity index is 2.45. The lowest BCUT2D eigenvalue weighted by Gasteiger charge is -2.17. The Morgan fingerprint density at radius 2 is 2.08 bits per heavy atom. The van der Waals surface area contributed by atoms with Crippen LogP contribution in [-0.4, -0.2) is 18.5 Å². The number of Topliss-reactive ketones (excluding diaryl/α,β-unsaturated/α-hetero) is 1. The lowest BCUT2D eigenvalue weighted by Crippen LogP contribution is -2.28. The summed E-state index contributed by atoms with van der Waals surface area (Å²) >= 11 is 0. The zero-order chi connectivity index (χ0) is 9.14. The minimum Gasteiger partial charge on any atom is -0.370 e. The number of ketones is 1. The van der Waals surface area contributed by atoms with E-state index in [1.165, 1.54) is 0 Å².